The number of nitrogens with zero attached hydrogens (tertiary/aromatic N) is 7. The first-order chi connectivity index (χ1) is 25.4. The molecule has 14 nitrogen and oxygen atoms in total. The van der Waals surface area contributed by atoms with Gasteiger partial charge >= 0.3 is 0 Å². The minimum absolute atomic E-state index is 0.0335. The summed E-state index contributed by atoms with van der Waals surface area (Å²) in [5.41, 5.74) is -0.313. The summed E-state index contributed by atoms with van der Waals surface area (Å²) in [7, 11) is -7.90. The smallest absolute Gasteiger partial charge is 0.248 e. The second-order valence-corrected chi connectivity index (χ2v) is 18.4. The van der Waals surface area contributed by atoms with Crippen LogP contribution in [0.25, 0.3) is 16.2 Å². The molecular weight excluding hydrogens is 827 g/mol. The van der Waals surface area contributed by atoms with Crippen LogP contribution in [0, 0.1) is 0 Å². The molecular formula is C32H31Cl3N8O6S4. The third-order valence-corrected chi connectivity index (χ3v) is 14.3. The van der Waals surface area contributed by atoms with Crippen molar-refractivity contribution in [3.63, 3.8) is 0 Å². The lowest BCUT2D eigenvalue weighted by atomic mass is 10.2. The van der Waals surface area contributed by atoms with E-state index in [1.165, 1.54) is 66.3 Å². The number of hydrogen-bond acceptors (Lipinski definition) is 13. The highest BCUT2D eigenvalue weighted by Crippen LogP contribution is 2.27. The lowest BCUT2D eigenvalue weighted by molar-refractivity contribution is 0.104. The summed E-state index contributed by atoms with van der Waals surface area (Å²) in [5, 5.41) is 7.64. The van der Waals surface area contributed by atoms with Gasteiger partial charge in [-0.1, -0.05) is 47.6 Å². The summed E-state index contributed by atoms with van der Waals surface area (Å²) in [4.78, 5) is 41.6. The topological polar surface area (TPSA) is 177 Å². The molecule has 2 saturated heterocycles. The van der Waals surface area contributed by atoms with Crippen LogP contribution in [-0.2, 0) is 20.0 Å². The summed E-state index contributed by atoms with van der Waals surface area (Å²) < 4.78 is 56.7. The van der Waals surface area contributed by atoms with Crippen molar-refractivity contribution in [3.8, 4) is 5.13 Å². The number of aromatic nitrogens is 5. The number of allylic oxidation sites excluding steroid dienone is 1. The number of carbonyl (C=O) groups is 1. The first-order valence-electron chi connectivity index (χ1n) is 16.2. The number of fused-ring (bicyclic) bond motifs is 1. The van der Waals surface area contributed by atoms with E-state index in [2.05, 4.69) is 25.3 Å². The quantitative estimate of drug-likeness (QED) is 0.0977. The molecule has 5 aromatic heterocycles. The van der Waals surface area contributed by atoms with E-state index in [1.54, 1.807) is 23.2 Å². The summed E-state index contributed by atoms with van der Waals surface area (Å²) in [6, 6.07) is 5.74. The first-order valence-corrected chi connectivity index (χ1v) is 22.0. The largest absolute Gasteiger partial charge is 0.337 e. The molecule has 0 aliphatic carbocycles. The molecule has 0 unspecified atom stereocenters. The minimum Gasteiger partial charge on any atom is -0.337 e. The number of ketones is 1. The Kier molecular flexibility index (Phi) is 12.6. The van der Waals surface area contributed by atoms with E-state index in [0.29, 0.717) is 36.4 Å². The molecule has 0 saturated carbocycles. The zero-order valence-electron chi connectivity index (χ0n) is 27.7. The molecule has 0 atom stereocenters. The number of nitrogens with one attached hydrogen (secondary N) is 1. The Hall–Kier alpha value is -3.33. The van der Waals surface area contributed by atoms with Crippen molar-refractivity contribution in [3.05, 3.63) is 96.0 Å². The summed E-state index contributed by atoms with van der Waals surface area (Å²) in [6.45, 7) is 1.60. The Balaban J connectivity index is 0.000000181. The fourth-order valence-corrected chi connectivity index (χ4v) is 10.6. The third kappa shape index (κ3) is 8.81. The average Bonchev–Trinajstić information content (AvgIpc) is 3.88. The van der Waals surface area contributed by atoms with Gasteiger partial charge in [0.05, 0.1) is 10.9 Å². The molecule has 2 aliphatic rings. The zero-order chi connectivity index (χ0) is 37.8. The molecule has 5 aromatic rings. The molecule has 280 valence electrons. The average molecular weight is 858 g/mol. The second-order valence-electron chi connectivity index (χ2n) is 11.7. The van der Waals surface area contributed by atoms with Crippen LogP contribution >= 0.6 is 57.5 Å². The number of carbonyl (C=O) groups excluding carboxylic acids is 1. The highest BCUT2D eigenvalue weighted by molar-refractivity contribution is 7.94. The van der Waals surface area contributed by atoms with Crippen LogP contribution in [0.15, 0.2) is 74.4 Å². The predicted molar refractivity (Wildman–Crippen MR) is 207 cm³/mol. The number of thiazole rings is 2. The maximum absolute atomic E-state index is 13.1. The van der Waals surface area contributed by atoms with Crippen molar-refractivity contribution >= 4 is 99.5 Å². The maximum Gasteiger partial charge on any atom is 0.248 e. The van der Waals surface area contributed by atoms with Crippen molar-refractivity contribution in [2.75, 3.05) is 31.5 Å². The number of rotatable bonds is 9. The number of Topliss-reactive ketones (excluding diaryl/α,β-unsaturated/α-hetero) is 1. The fraction of sp³-hybridized carbons (Fsp3) is 0.312. The van der Waals surface area contributed by atoms with Gasteiger partial charge in [0.2, 0.25) is 31.3 Å². The summed E-state index contributed by atoms with van der Waals surface area (Å²) in [6.07, 6.45) is 10.7. The maximum atomic E-state index is 13.1. The van der Waals surface area contributed by atoms with Crippen LogP contribution in [0.2, 0.25) is 15.5 Å². The van der Waals surface area contributed by atoms with Crippen LogP contribution in [0.4, 0.5) is 5.13 Å². The third-order valence-electron chi connectivity index (χ3n) is 8.32. The Morgan fingerprint density at radius 2 is 1.42 bits per heavy atom. The molecule has 7 rings (SSSR count). The van der Waals surface area contributed by atoms with Gasteiger partial charge in [-0.3, -0.25) is 14.2 Å². The molecule has 2 fully saturated rings. The van der Waals surface area contributed by atoms with E-state index in [-0.39, 0.29) is 37.0 Å². The lowest BCUT2D eigenvalue weighted by Gasteiger charge is -2.26. The standard InChI is InChI=1S/C16H16Cl2N4O3S2.C16H15ClN4O3S2/c17-13-5-4-11(15(18)21-13)14(23)12(10-20-16-19-6-9-26-16)27(24,25)22-7-2-1-3-8-22;17-13-5-4-11-14(22)12(26(23,24)20-7-2-1-3-8-20)10-21(15(11)19-13)16-18-6-9-25-16/h4-6,9-10H,1-3,7-8H2,(H,19,20);4-6,9-10H,1-3,7-8H2. The number of hydrogen-bond donors (Lipinski definition) is 1. The molecule has 0 bridgehead atoms. The number of sulfonamides is 2. The van der Waals surface area contributed by atoms with Crippen molar-refractivity contribution in [2.24, 2.45) is 0 Å². The summed E-state index contributed by atoms with van der Waals surface area (Å²) in [5.74, 6) is -0.751. The van der Waals surface area contributed by atoms with E-state index >= 15 is 0 Å². The van der Waals surface area contributed by atoms with Crippen LogP contribution in [0.1, 0.15) is 48.9 Å². The van der Waals surface area contributed by atoms with Gasteiger partial charge < -0.3 is 5.32 Å². The normalized spacial score (nSPS) is 16.2. The van der Waals surface area contributed by atoms with Gasteiger partial charge in [-0.2, -0.15) is 8.61 Å². The van der Waals surface area contributed by atoms with Crippen molar-refractivity contribution in [2.45, 2.75) is 43.4 Å². The molecule has 21 heteroatoms. The van der Waals surface area contributed by atoms with Gasteiger partial charge in [0.1, 0.15) is 25.3 Å². The fourth-order valence-electron chi connectivity index (χ4n) is 5.70. The number of pyridine rings is 3. The zero-order valence-corrected chi connectivity index (χ0v) is 33.2. The highest BCUT2D eigenvalue weighted by atomic mass is 35.5. The van der Waals surface area contributed by atoms with Crippen LogP contribution in [0.3, 0.4) is 0 Å². The Labute approximate surface area is 328 Å². The number of halogens is 3. The monoisotopic (exact) mass is 856 g/mol. The number of piperidine rings is 2. The van der Waals surface area contributed by atoms with Gasteiger partial charge in [0.15, 0.2) is 15.9 Å². The molecule has 7 heterocycles. The van der Waals surface area contributed by atoms with E-state index in [9.17, 15) is 26.4 Å². The molecule has 1 N–H and O–H groups in total. The lowest BCUT2D eigenvalue weighted by Crippen LogP contribution is -2.38. The van der Waals surface area contributed by atoms with Crippen molar-refractivity contribution in [1.82, 2.24) is 33.1 Å². The minimum atomic E-state index is -4.01. The Morgan fingerprint density at radius 1 is 0.792 bits per heavy atom. The molecule has 0 radical (unpaired) electrons. The van der Waals surface area contributed by atoms with Crippen molar-refractivity contribution < 1.29 is 21.6 Å². The van der Waals surface area contributed by atoms with Gasteiger partial charge in [0, 0.05) is 61.7 Å². The van der Waals surface area contributed by atoms with Crippen LogP contribution < -0.4 is 10.7 Å². The van der Waals surface area contributed by atoms with E-state index in [0.717, 1.165) is 44.7 Å². The van der Waals surface area contributed by atoms with Crippen molar-refractivity contribution in [1.29, 1.82) is 0 Å². The molecule has 53 heavy (non-hydrogen) atoms. The highest BCUT2D eigenvalue weighted by Gasteiger charge is 2.34. The molecule has 0 spiro atoms. The van der Waals surface area contributed by atoms with Gasteiger partial charge in [-0.15, -0.1) is 22.7 Å². The van der Waals surface area contributed by atoms with E-state index in [1.807, 2.05) is 0 Å². The van der Waals surface area contributed by atoms with Gasteiger partial charge in [0.25, 0.3) is 0 Å². The number of anilines is 1. The van der Waals surface area contributed by atoms with Crippen LogP contribution in [-0.4, -0.2) is 81.9 Å². The molecule has 0 amide bonds. The summed E-state index contributed by atoms with van der Waals surface area (Å²) >= 11 is 20.4. The predicted octanol–water partition coefficient (Wildman–Crippen LogP) is 6.47. The first kappa shape index (κ1) is 39.4. The Morgan fingerprint density at radius 3 is 2.04 bits per heavy atom. The SMILES string of the molecule is O=C(C(=CNc1nccs1)S(=O)(=O)N1CCCCC1)c1ccc(Cl)nc1Cl.O=c1c(S(=O)(=O)N2CCCCC2)cn(-c2nccs2)c2nc(Cl)ccc12. The van der Waals surface area contributed by atoms with Gasteiger partial charge in [-0.25, -0.2) is 36.8 Å². The van der Waals surface area contributed by atoms with Gasteiger partial charge in [-0.05, 0) is 49.9 Å². The van der Waals surface area contributed by atoms with E-state index < -0.39 is 36.2 Å². The Bertz CT molecular complexity index is 2410. The molecule has 0 aromatic carbocycles. The van der Waals surface area contributed by atoms with Crippen LogP contribution in [0.5, 0.6) is 0 Å². The molecule has 2 aliphatic heterocycles. The van der Waals surface area contributed by atoms with E-state index in [4.69, 9.17) is 34.8 Å². The second kappa shape index (κ2) is 17.0.